The Bertz CT molecular complexity index is 1090. The Morgan fingerprint density at radius 1 is 0.905 bits per heavy atom. The van der Waals surface area contributed by atoms with Gasteiger partial charge < -0.3 is 33.9 Å². The third-order valence-electron chi connectivity index (χ3n) is 9.27. The number of nitrogens with zero attached hydrogens (tertiary/aromatic N) is 2. The number of hydrogen-bond acceptors (Lipinski definition) is 8. The van der Waals surface area contributed by atoms with Gasteiger partial charge in [-0.2, -0.15) is 0 Å². The van der Waals surface area contributed by atoms with Crippen molar-refractivity contribution in [1.82, 2.24) is 10.2 Å². The molecule has 3 heterocycles. The number of ether oxygens (including phenoxy) is 5. The summed E-state index contributed by atoms with van der Waals surface area (Å²) in [5.41, 5.74) is 3.53. The Morgan fingerprint density at radius 2 is 1.67 bits per heavy atom. The SMILES string of the molecule is COCCCN1CCOc2ccc(CO[C@H]3CNC[C@@H](OCCN4[C@H](C)CCC[C@@H]4C)[C@@H]3c3ccc(OC)cc3)cc21. The third-order valence-corrected chi connectivity index (χ3v) is 9.27. The molecule has 8 nitrogen and oxygen atoms in total. The van der Waals surface area contributed by atoms with Gasteiger partial charge in [0.05, 0.1) is 44.8 Å². The van der Waals surface area contributed by atoms with Gasteiger partial charge in [-0.3, -0.25) is 4.90 Å². The molecule has 0 radical (unpaired) electrons. The van der Waals surface area contributed by atoms with Gasteiger partial charge in [0.25, 0.3) is 0 Å². The maximum atomic E-state index is 6.71. The molecule has 1 N–H and O–H groups in total. The fourth-order valence-electron chi connectivity index (χ4n) is 6.91. The Kier molecular flexibility index (Phi) is 11.4. The molecule has 2 saturated heterocycles. The molecule has 42 heavy (non-hydrogen) atoms. The van der Waals surface area contributed by atoms with E-state index in [4.69, 9.17) is 23.7 Å². The molecule has 3 aliphatic heterocycles. The lowest BCUT2D eigenvalue weighted by atomic mass is 9.85. The summed E-state index contributed by atoms with van der Waals surface area (Å²) < 4.78 is 30.1. The van der Waals surface area contributed by atoms with E-state index in [0.29, 0.717) is 25.3 Å². The van der Waals surface area contributed by atoms with Crippen LogP contribution in [0.25, 0.3) is 0 Å². The van der Waals surface area contributed by atoms with E-state index in [-0.39, 0.29) is 18.1 Å². The zero-order valence-corrected chi connectivity index (χ0v) is 26.1. The van der Waals surface area contributed by atoms with Gasteiger partial charge in [-0.25, -0.2) is 0 Å². The molecule has 0 aliphatic carbocycles. The van der Waals surface area contributed by atoms with Crippen molar-refractivity contribution >= 4 is 5.69 Å². The van der Waals surface area contributed by atoms with Gasteiger partial charge >= 0.3 is 0 Å². The molecule has 2 aromatic rings. The summed E-state index contributed by atoms with van der Waals surface area (Å²) in [6.07, 6.45) is 4.88. The van der Waals surface area contributed by atoms with Crippen molar-refractivity contribution in [1.29, 1.82) is 0 Å². The van der Waals surface area contributed by atoms with Crippen LogP contribution in [0.4, 0.5) is 5.69 Å². The van der Waals surface area contributed by atoms with Gasteiger partial charge in [0.15, 0.2) is 0 Å². The van der Waals surface area contributed by atoms with Gasteiger partial charge in [0.2, 0.25) is 0 Å². The number of nitrogens with one attached hydrogen (secondary N) is 1. The third kappa shape index (κ3) is 7.77. The standard InChI is InChI=1S/C34H51N3O5/c1-25-7-5-8-26(2)37(25)17-20-41-32-22-35-23-33(34(32)28-10-12-29(39-4)13-11-28)42-24-27-9-14-31-30(21-27)36(16-19-40-31)15-6-18-38-3/h9-14,21,25-26,32-35H,5-8,15-20,22-24H2,1-4H3/t25-,26+,32-,33+,34+/m1/s1. The van der Waals surface area contributed by atoms with Gasteiger partial charge in [-0.1, -0.05) is 24.6 Å². The van der Waals surface area contributed by atoms with E-state index < -0.39 is 0 Å². The smallest absolute Gasteiger partial charge is 0.142 e. The topological polar surface area (TPSA) is 64.7 Å². The Labute approximate surface area is 252 Å². The van der Waals surface area contributed by atoms with Crippen LogP contribution < -0.4 is 19.7 Å². The predicted octanol–water partition coefficient (Wildman–Crippen LogP) is 4.85. The van der Waals surface area contributed by atoms with E-state index in [9.17, 15) is 0 Å². The van der Waals surface area contributed by atoms with Crippen molar-refractivity contribution in [2.45, 2.75) is 76.3 Å². The van der Waals surface area contributed by atoms with Crippen molar-refractivity contribution in [3.05, 3.63) is 53.6 Å². The van der Waals surface area contributed by atoms with Crippen LogP contribution in [0.2, 0.25) is 0 Å². The largest absolute Gasteiger partial charge is 0.497 e. The quantitative estimate of drug-likeness (QED) is 0.337. The fourth-order valence-corrected chi connectivity index (χ4v) is 6.91. The molecule has 3 aliphatic rings. The van der Waals surface area contributed by atoms with Crippen LogP contribution in [0.1, 0.15) is 56.6 Å². The Balaban J connectivity index is 1.27. The first kappa shape index (κ1) is 31.1. The Morgan fingerprint density at radius 3 is 2.40 bits per heavy atom. The molecule has 0 bridgehead atoms. The van der Waals surface area contributed by atoms with E-state index in [1.165, 1.54) is 24.8 Å². The number of benzene rings is 2. The van der Waals surface area contributed by atoms with Crippen LogP contribution in [0.3, 0.4) is 0 Å². The summed E-state index contributed by atoms with van der Waals surface area (Å²) in [5, 5.41) is 3.61. The molecule has 0 unspecified atom stereocenters. The highest BCUT2D eigenvalue weighted by atomic mass is 16.5. The minimum absolute atomic E-state index is 0.0185. The van der Waals surface area contributed by atoms with Crippen LogP contribution in [0.15, 0.2) is 42.5 Å². The van der Waals surface area contributed by atoms with Crippen molar-refractivity contribution in [3.63, 3.8) is 0 Å². The molecule has 2 fully saturated rings. The molecule has 232 valence electrons. The number of likely N-dealkylation sites (tertiary alicyclic amines) is 1. The van der Waals surface area contributed by atoms with E-state index in [2.05, 4.69) is 59.3 Å². The second-order valence-corrected chi connectivity index (χ2v) is 12.1. The number of fused-ring (bicyclic) bond motifs is 1. The molecule has 5 atom stereocenters. The monoisotopic (exact) mass is 581 g/mol. The first-order valence-corrected chi connectivity index (χ1v) is 15.9. The summed E-state index contributed by atoms with van der Waals surface area (Å²) in [6.45, 7) is 11.9. The summed E-state index contributed by atoms with van der Waals surface area (Å²) in [7, 11) is 3.47. The van der Waals surface area contributed by atoms with Crippen molar-refractivity contribution in [2.75, 3.05) is 71.7 Å². The molecule has 0 amide bonds. The summed E-state index contributed by atoms with van der Waals surface area (Å²) >= 11 is 0. The Hall–Kier alpha value is -2.36. The molecule has 2 aromatic carbocycles. The van der Waals surface area contributed by atoms with Crippen LogP contribution >= 0.6 is 0 Å². The molecule has 5 rings (SSSR count). The highest BCUT2D eigenvalue weighted by Crippen LogP contribution is 2.35. The van der Waals surface area contributed by atoms with E-state index in [1.807, 2.05) is 12.1 Å². The maximum Gasteiger partial charge on any atom is 0.142 e. The van der Waals surface area contributed by atoms with E-state index in [1.54, 1.807) is 14.2 Å². The van der Waals surface area contributed by atoms with Crippen molar-refractivity contribution in [3.8, 4) is 11.5 Å². The molecule has 0 aromatic heterocycles. The molecule has 0 spiro atoms. The highest BCUT2D eigenvalue weighted by molar-refractivity contribution is 5.61. The van der Waals surface area contributed by atoms with Crippen LogP contribution in [-0.2, 0) is 20.8 Å². The summed E-state index contributed by atoms with van der Waals surface area (Å²) in [5.74, 6) is 1.94. The second kappa shape index (κ2) is 15.4. The van der Waals surface area contributed by atoms with Gasteiger partial charge in [-0.15, -0.1) is 0 Å². The fraction of sp³-hybridized carbons (Fsp3) is 0.647. The molecule has 0 saturated carbocycles. The number of hydrogen-bond donors (Lipinski definition) is 1. The lowest BCUT2D eigenvalue weighted by molar-refractivity contribution is -0.0669. The molecular weight excluding hydrogens is 530 g/mol. The predicted molar refractivity (Wildman–Crippen MR) is 167 cm³/mol. The van der Waals surface area contributed by atoms with Crippen LogP contribution in [0.5, 0.6) is 11.5 Å². The number of anilines is 1. The maximum absolute atomic E-state index is 6.71. The number of piperidine rings is 2. The average molecular weight is 582 g/mol. The van der Waals surface area contributed by atoms with Gasteiger partial charge in [-0.05, 0) is 68.5 Å². The first-order valence-electron chi connectivity index (χ1n) is 15.9. The minimum Gasteiger partial charge on any atom is -0.497 e. The van der Waals surface area contributed by atoms with Crippen LogP contribution in [0, 0.1) is 0 Å². The summed E-state index contributed by atoms with van der Waals surface area (Å²) in [6, 6.07) is 16.1. The molecule has 8 heteroatoms. The molecular formula is C34H51N3O5. The summed E-state index contributed by atoms with van der Waals surface area (Å²) in [4.78, 5) is 5.02. The number of methoxy groups -OCH3 is 2. The minimum atomic E-state index is -0.0185. The van der Waals surface area contributed by atoms with E-state index in [0.717, 1.165) is 75.1 Å². The zero-order valence-electron chi connectivity index (χ0n) is 26.1. The van der Waals surface area contributed by atoms with Crippen molar-refractivity contribution in [2.24, 2.45) is 0 Å². The van der Waals surface area contributed by atoms with Gasteiger partial charge in [0, 0.05) is 57.9 Å². The zero-order chi connectivity index (χ0) is 29.3. The lowest BCUT2D eigenvalue weighted by Gasteiger charge is -2.41. The number of rotatable bonds is 13. The van der Waals surface area contributed by atoms with E-state index >= 15 is 0 Å². The normalized spacial score (nSPS) is 26.5. The van der Waals surface area contributed by atoms with Crippen molar-refractivity contribution < 1.29 is 23.7 Å². The second-order valence-electron chi connectivity index (χ2n) is 12.1. The average Bonchev–Trinajstić information content (AvgIpc) is 3.02. The lowest BCUT2D eigenvalue weighted by Crippen LogP contribution is -2.51. The van der Waals surface area contributed by atoms with Gasteiger partial charge in [0.1, 0.15) is 18.1 Å². The first-order chi connectivity index (χ1) is 20.6. The highest BCUT2D eigenvalue weighted by Gasteiger charge is 2.36. The van der Waals surface area contributed by atoms with Crippen LogP contribution in [-0.4, -0.2) is 96.0 Å².